The molecule has 0 fully saturated rings. The second kappa shape index (κ2) is 8.35. The smallest absolute Gasteiger partial charge is 0.229 e. The fraction of sp³-hybridized carbons (Fsp3) is 0.444. The summed E-state index contributed by atoms with van der Waals surface area (Å²) in [4.78, 5) is 17.6. The zero-order valence-electron chi connectivity index (χ0n) is 15.2. The van der Waals surface area contributed by atoms with E-state index in [1.54, 1.807) is 31.2 Å². The van der Waals surface area contributed by atoms with Gasteiger partial charge in [0.25, 0.3) is 0 Å². The molecular weight excluding hydrogens is 356 g/mol. The van der Waals surface area contributed by atoms with Gasteiger partial charge in [0.2, 0.25) is 10.0 Å². The van der Waals surface area contributed by atoms with Crippen LogP contribution in [-0.2, 0) is 19.7 Å². The molecule has 1 aromatic rings. The minimum absolute atomic E-state index is 0.0184. The second-order valence-corrected chi connectivity index (χ2v) is 7.90. The van der Waals surface area contributed by atoms with Crippen LogP contribution >= 0.6 is 0 Å². The average molecular weight is 380 g/mol. The van der Waals surface area contributed by atoms with Crippen molar-refractivity contribution in [2.45, 2.75) is 39.0 Å². The Labute approximate surface area is 153 Å². The Morgan fingerprint density at radius 3 is 2.42 bits per heavy atom. The summed E-state index contributed by atoms with van der Waals surface area (Å²) in [6.07, 6.45) is 2.15. The average Bonchev–Trinajstić information content (AvgIpc) is 2.56. The lowest BCUT2D eigenvalue weighted by atomic mass is 9.81. The largest absolute Gasteiger partial charge is 0.511 e. The molecule has 7 nitrogen and oxygen atoms in total. The predicted molar refractivity (Wildman–Crippen MR) is 101 cm³/mol. The molecule has 0 saturated carbocycles. The van der Waals surface area contributed by atoms with Crippen molar-refractivity contribution in [3.8, 4) is 0 Å². The summed E-state index contributed by atoms with van der Waals surface area (Å²) in [5.74, 6) is -0.314. The molecule has 8 heteroatoms. The number of hydrogen-bond donors (Lipinski definition) is 2. The third-order valence-electron chi connectivity index (χ3n) is 4.05. The highest BCUT2D eigenvalue weighted by atomic mass is 32.2. The first-order valence-electron chi connectivity index (χ1n) is 8.47. The van der Waals surface area contributed by atoms with Crippen molar-refractivity contribution < 1.29 is 23.2 Å². The van der Waals surface area contributed by atoms with Crippen LogP contribution in [0.3, 0.4) is 0 Å². The Morgan fingerprint density at radius 2 is 1.92 bits per heavy atom. The molecule has 0 heterocycles. The molecule has 0 saturated heterocycles. The molecule has 0 spiro atoms. The molecule has 142 valence electrons. The van der Waals surface area contributed by atoms with E-state index in [-0.39, 0.29) is 29.5 Å². The SMILES string of the molecule is CCO/N=C(/CC)C1=C(O)CC(c2ccc(NS(C)(=O)=O)cc2)CC1=O. The van der Waals surface area contributed by atoms with Crippen LogP contribution in [0.1, 0.15) is 44.6 Å². The van der Waals surface area contributed by atoms with Crippen molar-refractivity contribution in [3.05, 3.63) is 41.2 Å². The van der Waals surface area contributed by atoms with E-state index in [9.17, 15) is 18.3 Å². The first-order chi connectivity index (χ1) is 12.2. The van der Waals surface area contributed by atoms with Gasteiger partial charge in [0.1, 0.15) is 12.4 Å². The lowest BCUT2D eigenvalue weighted by molar-refractivity contribution is -0.116. The van der Waals surface area contributed by atoms with E-state index in [1.807, 2.05) is 6.92 Å². The van der Waals surface area contributed by atoms with Gasteiger partial charge in [0.15, 0.2) is 5.78 Å². The number of sulfonamides is 1. The quantitative estimate of drug-likeness (QED) is 0.558. The standard InChI is InChI=1S/C18H24N2O5S/c1-4-15(19-25-5-2)18-16(21)10-13(11-17(18)22)12-6-8-14(9-7-12)20-26(3,23)24/h6-9,13,20-21H,4-5,10-11H2,1-3H3/b19-15-. The number of benzene rings is 1. The van der Waals surface area contributed by atoms with E-state index in [1.165, 1.54) is 0 Å². The minimum Gasteiger partial charge on any atom is -0.511 e. The van der Waals surface area contributed by atoms with Crippen molar-refractivity contribution >= 4 is 27.2 Å². The monoisotopic (exact) mass is 380 g/mol. The van der Waals surface area contributed by atoms with Crippen LogP contribution in [0.4, 0.5) is 5.69 Å². The molecule has 2 rings (SSSR count). The highest BCUT2D eigenvalue weighted by Crippen LogP contribution is 2.35. The summed E-state index contributed by atoms with van der Waals surface area (Å²) in [5.41, 5.74) is 2.03. The molecule has 0 bridgehead atoms. The summed E-state index contributed by atoms with van der Waals surface area (Å²) in [6.45, 7) is 4.04. The van der Waals surface area contributed by atoms with Crippen molar-refractivity contribution in [2.24, 2.45) is 5.16 Å². The number of carbonyl (C=O) groups is 1. The van der Waals surface area contributed by atoms with Crippen LogP contribution in [0.2, 0.25) is 0 Å². The van der Waals surface area contributed by atoms with E-state index >= 15 is 0 Å². The number of ketones is 1. The summed E-state index contributed by atoms with van der Waals surface area (Å²) < 4.78 is 24.9. The predicted octanol–water partition coefficient (Wildman–Crippen LogP) is 3.12. The van der Waals surface area contributed by atoms with Gasteiger partial charge in [0, 0.05) is 18.5 Å². The van der Waals surface area contributed by atoms with Crippen LogP contribution < -0.4 is 4.72 Å². The highest BCUT2D eigenvalue weighted by molar-refractivity contribution is 7.92. The maximum Gasteiger partial charge on any atom is 0.229 e. The molecular formula is C18H24N2O5S. The topological polar surface area (TPSA) is 105 Å². The number of anilines is 1. The van der Waals surface area contributed by atoms with Crippen LogP contribution in [0.25, 0.3) is 0 Å². The lowest BCUT2D eigenvalue weighted by Crippen LogP contribution is -2.23. The van der Waals surface area contributed by atoms with Gasteiger partial charge in [-0.15, -0.1) is 0 Å². The number of nitrogens with one attached hydrogen (secondary N) is 1. The van der Waals surface area contributed by atoms with Crippen LogP contribution in [-0.4, -0.2) is 37.9 Å². The van der Waals surface area contributed by atoms with Crippen molar-refractivity contribution in [2.75, 3.05) is 17.6 Å². The minimum atomic E-state index is -3.34. The van der Waals surface area contributed by atoms with Crippen LogP contribution in [0.15, 0.2) is 40.8 Å². The summed E-state index contributed by atoms with van der Waals surface area (Å²) in [5, 5.41) is 14.4. The van der Waals surface area contributed by atoms with Gasteiger partial charge in [-0.3, -0.25) is 9.52 Å². The number of allylic oxidation sites excluding steroid dienone is 2. The Bertz CT molecular complexity index is 826. The first kappa shape index (κ1) is 20.0. The van der Waals surface area contributed by atoms with Crippen molar-refractivity contribution in [1.82, 2.24) is 0 Å². The first-order valence-corrected chi connectivity index (χ1v) is 10.4. The van der Waals surface area contributed by atoms with Gasteiger partial charge in [-0.25, -0.2) is 8.42 Å². The van der Waals surface area contributed by atoms with Crippen molar-refractivity contribution in [1.29, 1.82) is 0 Å². The molecule has 1 aliphatic carbocycles. The number of nitrogens with zero attached hydrogens (tertiary/aromatic N) is 1. The number of aliphatic hydroxyl groups excluding tert-OH is 1. The van der Waals surface area contributed by atoms with Gasteiger partial charge >= 0.3 is 0 Å². The number of Topliss-reactive ketones (excluding diaryl/α,β-unsaturated/α-hetero) is 1. The molecule has 2 N–H and O–H groups in total. The molecule has 0 aliphatic heterocycles. The van der Waals surface area contributed by atoms with Gasteiger partial charge in [0.05, 0.1) is 17.5 Å². The molecule has 1 atom stereocenters. The Morgan fingerprint density at radius 1 is 1.27 bits per heavy atom. The molecule has 0 amide bonds. The van der Waals surface area contributed by atoms with Gasteiger partial charge < -0.3 is 9.94 Å². The maximum atomic E-state index is 12.6. The zero-order valence-corrected chi connectivity index (χ0v) is 16.0. The zero-order chi connectivity index (χ0) is 19.3. The van der Waals surface area contributed by atoms with Gasteiger partial charge in [-0.1, -0.05) is 24.2 Å². The van der Waals surface area contributed by atoms with Crippen LogP contribution in [0, 0.1) is 0 Å². The van der Waals surface area contributed by atoms with E-state index in [0.29, 0.717) is 30.8 Å². The normalized spacial score (nSPS) is 18.8. The summed E-state index contributed by atoms with van der Waals surface area (Å²) >= 11 is 0. The molecule has 1 unspecified atom stereocenters. The maximum absolute atomic E-state index is 12.6. The Kier molecular flexibility index (Phi) is 6.42. The Hall–Kier alpha value is -2.35. The van der Waals surface area contributed by atoms with E-state index < -0.39 is 10.0 Å². The Balaban J connectivity index is 2.21. The number of oxime groups is 1. The molecule has 26 heavy (non-hydrogen) atoms. The number of rotatable bonds is 7. The third kappa shape index (κ3) is 5.08. The number of carbonyl (C=O) groups excluding carboxylic acids is 1. The third-order valence-corrected chi connectivity index (χ3v) is 4.66. The highest BCUT2D eigenvalue weighted by Gasteiger charge is 2.31. The van der Waals surface area contributed by atoms with Gasteiger partial charge in [-0.2, -0.15) is 0 Å². The molecule has 0 aromatic heterocycles. The summed E-state index contributed by atoms with van der Waals surface area (Å²) in [7, 11) is -3.34. The van der Waals surface area contributed by atoms with Crippen LogP contribution in [0.5, 0.6) is 0 Å². The van der Waals surface area contributed by atoms with Crippen molar-refractivity contribution in [3.63, 3.8) is 0 Å². The van der Waals surface area contributed by atoms with E-state index in [0.717, 1.165) is 11.8 Å². The van der Waals surface area contributed by atoms with E-state index in [2.05, 4.69) is 9.88 Å². The lowest BCUT2D eigenvalue weighted by Gasteiger charge is -2.24. The van der Waals surface area contributed by atoms with Gasteiger partial charge in [-0.05, 0) is 37.0 Å². The molecule has 1 aromatic carbocycles. The molecule has 0 radical (unpaired) electrons. The summed E-state index contributed by atoms with van der Waals surface area (Å²) in [6, 6.07) is 6.81. The molecule has 1 aliphatic rings. The fourth-order valence-corrected chi connectivity index (χ4v) is 3.49. The fourth-order valence-electron chi connectivity index (χ4n) is 2.92. The number of aliphatic hydroxyl groups is 1. The van der Waals surface area contributed by atoms with E-state index in [4.69, 9.17) is 4.84 Å². The second-order valence-electron chi connectivity index (χ2n) is 6.16. The number of hydrogen-bond acceptors (Lipinski definition) is 6.